The first kappa shape index (κ1) is 23.8. The summed E-state index contributed by atoms with van der Waals surface area (Å²) in [5.41, 5.74) is 4.35. The van der Waals surface area contributed by atoms with Crippen molar-refractivity contribution in [2.45, 2.75) is 11.8 Å². The van der Waals surface area contributed by atoms with Crippen molar-refractivity contribution in [3.05, 3.63) is 83.9 Å². The summed E-state index contributed by atoms with van der Waals surface area (Å²) in [6.07, 6.45) is 1.41. The molecule has 0 unspecified atom stereocenters. The molecule has 0 heterocycles. The first-order valence-corrected chi connectivity index (χ1v) is 11.5. The van der Waals surface area contributed by atoms with E-state index < -0.39 is 22.5 Å². The fourth-order valence-corrected chi connectivity index (χ4v) is 4.45. The molecule has 3 rings (SSSR count). The van der Waals surface area contributed by atoms with E-state index in [-0.39, 0.29) is 4.90 Å². The van der Waals surface area contributed by atoms with Crippen LogP contribution >= 0.6 is 0 Å². The number of hydrogen-bond acceptors (Lipinski definition) is 6. The van der Waals surface area contributed by atoms with Crippen molar-refractivity contribution in [3.63, 3.8) is 0 Å². The van der Waals surface area contributed by atoms with Gasteiger partial charge < -0.3 is 9.47 Å². The van der Waals surface area contributed by atoms with Crippen LogP contribution in [0.2, 0.25) is 0 Å². The SMILES string of the molecule is COc1ccc(C=NNC(=O)CN(c2ccc(C)cc2)S(=O)(=O)c2ccccc2)c(OC)c1. The summed E-state index contributed by atoms with van der Waals surface area (Å²) in [4.78, 5) is 12.7. The standard InChI is InChI=1S/C24H25N3O5S/c1-18-9-12-20(13-10-18)27(33(29,30)22-7-5-4-6-8-22)17-24(28)26-25-16-19-11-14-21(31-2)15-23(19)32-3/h4-16H,17H2,1-3H3,(H,26,28). The zero-order valence-corrected chi connectivity index (χ0v) is 19.4. The van der Waals surface area contributed by atoms with Gasteiger partial charge in [-0.1, -0.05) is 35.9 Å². The largest absolute Gasteiger partial charge is 0.497 e. The van der Waals surface area contributed by atoms with Gasteiger partial charge in [0.2, 0.25) is 0 Å². The lowest BCUT2D eigenvalue weighted by Crippen LogP contribution is -2.39. The molecule has 1 amide bonds. The lowest BCUT2D eigenvalue weighted by molar-refractivity contribution is -0.119. The Hall–Kier alpha value is -3.85. The molecule has 0 spiro atoms. The summed E-state index contributed by atoms with van der Waals surface area (Å²) < 4.78 is 38.1. The average molecular weight is 468 g/mol. The first-order chi connectivity index (χ1) is 15.8. The second kappa shape index (κ2) is 10.6. The van der Waals surface area contributed by atoms with Gasteiger partial charge in [-0.25, -0.2) is 13.8 Å². The smallest absolute Gasteiger partial charge is 0.264 e. The van der Waals surface area contributed by atoms with Gasteiger partial charge in [0.05, 0.1) is 31.0 Å². The van der Waals surface area contributed by atoms with E-state index in [1.54, 1.807) is 67.8 Å². The van der Waals surface area contributed by atoms with Crippen LogP contribution in [0.15, 0.2) is 82.8 Å². The number of hydrogen-bond donors (Lipinski definition) is 1. The van der Waals surface area contributed by atoms with Crippen molar-refractivity contribution >= 4 is 27.8 Å². The molecule has 33 heavy (non-hydrogen) atoms. The van der Waals surface area contributed by atoms with Crippen molar-refractivity contribution in [2.24, 2.45) is 5.10 Å². The monoisotopic (exact) mass is 467 g/mol. The Labute approximate surface area is 193 Å². The Morgan fingerprint density at radius 3 is 2.33 bits per heavy atom. The van der Waals surface area contributed by atoms with Crippen molar-refractivity contribution in [1.29, 1.82) is 0 Å². The van der Waals surface area contributed by atoms with Crippen molar-refractivity contribution < 1.29 is 22.7 Å². The van der Waals surface area contributed by atoms with Gasteiger partial charge in [-0.3, -0.25) is 9.10 Å². The van der Waals surface area contributed by atoms with Gasteiger partial charge in [-0.2, -0.15) is 5.10 Å². The maximum atomic E-state index is 13.3. The van der Waals surface area contributed by atoms with Gasteiger partial charge in [0.1, 0.15) is 18.0 Å². The van der Waals surface area contributed by atoms with Gasteiger partial charge in [0.25, 0.3) is 15.9 Å². The number of methoxy groups -OCH3 is 2. The van der Waals surface area contributed by atoms with Crippen LogP contribution in [-0.2, 0) is 14.8 Å². The minimum absolute atomic E-state index is 0.0878. The number of anilines is 1. The highest BCUT2D eigenvalue weighted by Crippen LogP contribution is 2.24. The average Bonchev–Trinajstić information content (AvgIpc) is 2.83. The van der Waals surface area contributed by atoms with Crippen molar-refractivity contribution in [2.75, 3.05) is 25.1 Å². The van der Waals surface area contributed by atoms with Gasteiger partial charge in [0.15, 0.2) is 0 Å². The second-order valence-electron chi connectivity index (χ2n) is 7.06. The third-order valence-electron chi connectivity index (χ3n) is 4.77. The second-order valence-corrected chi connectivity index (χ2v) is 8.92. The molecule has 9 heteroatoms. The Morgan fingerprint density at radius 2 is 1.70 bits per heavy atom. The number of rotatable bonds is 9. The zero-order valence-electron chi connectivity index (χ0n) is 18.6. The van der Waals surface area contributed by atoms with E-state index >= 15 is 0 Å². The molecule has 0 saturated heterocycles. The van der Waals surface area contributed by atoms with Crippen molar-refractivity contribution in [3.8, 4) is 11.5 Å². The number of carbonyl (C=O) groups excluding carboxylic acids is 1. The van der Waals surface area contributed by atoms with Crippen LogP contribution in [0.25, 0.3) is 0 Å². The maximum Gasteiger partial charge on any atom is 0.264 e. The molecule has 3 aromatic carbocycles. The lowest BCUT2D eigenvalue weighted by Gasteiger charge is -2.23. The molecular formula is C24H25N3O5S. The molecule has 172 valence electrons. The molecule has 8 nitrogen and oxygen atoms in total. The third kappa shape index (κ3) is 5.89. The van der Waals surface area contributed by atoms with E-state index in [9.17, 15) is 13.2 Å². The van der Waals surface area contributed by atoms with Crippen LogP contribution in [0.5, 0.6) is 11.5 Å². The molecule has 1 N–H and O–H groups in total. The van der Waals surface area contributed by atoms with Crippen LogP contribution in [0.4, 0.5) is 5.69 Å². The molecule has 0 fully saturated rings. The van der Waals surface area contributed by atoms with E-state index in [0.29, 0.717) is 22.7 Å². The predicted molar refractivity (Wildman–Crippen MR) is 127 cm³/mol. The number of nitrogens with zero attached hydrogens (tertiary/aromatic N) is 2. The highest BCUT2D eigenvalue weighted by atomic mass is 32.2. The number of nitrogens with one attached hydrogen (secondary N) is 1. The number of aryl methyl sites for hydroxylation is 1. The number of sulfonamides is 1. The molecule has 0 radical (unpaired) electrons. The van der Waals surface area contributed by atoms with E-state index in [1.807, 2.05) is 6.92 Å². The molecule has 3 aromatic rings. The molecule has 0 bridgehead atoms. The van der Waals surface area contributed by atoms with Gasteiger partial charge in [0, 0.05) is 11.6 Å². The normalized spacial score (nSPS) is 11.2. The summed E-state index contributed by atoms with van der Waals surface area (Å²) in [7, 11) is -0.911. The zero-order chi connectivity index (χ0) is 23.8. The summed E-state index contributed by atoms with van der Waals surface area (Å²) in [6, 6.07) is 20.0. The van der Waals surface area contributed by atoms with E-state index in [0.717, 1.165) is 9.87 Å². The minimum Gasteiger partial charge on any atom is -0.497 e. The van der Waals surface area contributed by atoms with Gasteiger partial charge >= 0.3 is 0 Å². The minimum atomic E-state index is -3.97. The Bertz CT molecular complexity index is 1230. The van der Waals surface area contributed by atoms with Crippen LogP contribution in [0, 0.1) is 6.92 Å². The molecule has 0 atom stereocenters. The van der Waals surface area contributed by atoms with E-state index in [1.165, 1.54) is 25.5 Å². The number of hydrazone groups is 1. The van der Waals surface area contributed by atoms with E-state index in [2.05, 4.69) is 10.5 Å². The van der Waals surface area contributed by atoms with Gasteiger partial charge in [-0.15, -0.1) is 0 Å². The summed E-state index contributed by atoms with van der Waals surface area (Å²) in [5, 5.41) is 3.95. The van der Waals surface area contributed by atoms with Crippen molar-refractivity contribution in [1.82, 2.24) is 5.43 Å². The fourth-order valence-electron chi connectivity index (χ4n) is 3.01. The molecule has 0 aliphatic carbocycles. The number of amides is 1. The van der Waals surface area contributed by atoms with Gasteiger partial charge in [-0.05, 0) is 43.3 Å². The maximum absolute atomic E-state index is 13.3. The third-order valence-corrected chi connectivity index (χ3v) is 6.56. The summed E-state index contributed by atoms with van der Waals surface area (Å²) in [6.45, 7) is 1.45. The number of ether oxygens (including phenoxy) is 2. The van der Waals surface area contributed by atoms with Crippen LogP contribution in [-0.4, -0.2) is 41.3 Å². The fraction of sp³-hybridized carbons (Fsp3) is 0.167. The molecule has 0 aliphatic heterocycles. The first-order valence-electron chi connectivity index (χ1n) is 10.0. The highest BCUT2D eigenvalue weighted by molar-refractivity contribution is 7.92. The molecule has 0 aromatic heterocycles. The Balaban J connectivity index is 1.81. The predicted octanol–water partition coefficient (Wildman–Crippen LogP) is 3.36. The Morgan fingerprint density at radius 1 is 1.00 bits per heavy atom. The summed E-state index contributed by atoms with van der Waals surface area (Å²) >= 11 is 0. The molecule has 0 aliphatic rings. The molecular weight excluding hydrogens is 442 g/mol. The topological polar surface area (TPSA) is 97.3 Å². The van der Waals surface area contributed by atoms with E-state index in [4.69, 9.17) is 9.47 Å². The van der Waals surface area contributed by atoms with Crippen LogP contribution in [0.1, 0.15) is 11.1 Å². The number of benzene rings is 3. The van der Waals surface area contributed by atoms with Crippen LogP contribution in [0.3, 0.4) is 0 Å². The summed E-state index contributed by atoms with van der Waals surface area (Å²) in [5.74, 6) is 0.534. The Kier molecular flexibility index (Phi) is 7.68. The lowest BCUT2D eigenvalue weighted by atomic mass is 10.2. The number of carbonyl (C=O) groups is 1. The quantitative estimate of drug-likeness (QED) is 0.384. The molecule has 0 saturated carbocycles. The van der Waals surface area contributed by atoms with Crippen LogP contribution < -0.4 is 19.2 Å². The highest BCUT2D eigenvalue weighted by Gasteiger charge is 2.27.